The van der Waals surface area contributed by atoms with E-state index in [4.69, 9.17) is 5.73 Å². The number of pyridine rings is 1. The van der Waals surface area contributed by atoms with Gasteiger partial charge in [0.2, 0.25) is 5.95 Å². The Morgan fingerprint density at radius 2 is 1.81 bits per heavy atom. The summed E-state index contributed by atoms with van der Waals surface area (Å²) in [6.07, 6.45) is 4.55. The summed E-state index contributed by atoms with van der Waals surface area (Å²) in [4.78, 5) is 14.8. The molecule has 21 heavy (non-hydrogen) atoms. The maximum atomic E-state index is 5.81. The van der Waals surface area contributed by atoms with E-state index < -0.39 is 0 Å². The van der Waals surface area contributed by atoms with Crippen molar-refractivity contribution in [2.45, 2.75) is 6.42 Å². The van der Waals surface area contributed by atoms with Gasteiger partial charge in [-0.25, -0.2) is 4.98 Å². The second-order valence-corrected chi connectivity index (χ2v) is 4.95. The molecular weight excluding hydrogens is 262 g/mol. The van der Waals surface area contributed by atoms with Crippen molar-refractivity contribution in [2.75, 3.05) is 24.2 Å². The molecular formula is C16H17N5. The minimum absolute atomic E-state index is 0.305. The van der Waals surface area contributed by atoms with E-state index in [1.807, 2.05) is 55.8 Å². The third kappa shape index (κ3) is 2.91. The second-order valence-electron chi connectivity index (χ2n) is 4.95. The van der Waals surface area contributed by atoms with Gasteiger partial charge >= 0.3 is 0 Å². The van der Waals surface area contributed by atoms with Gasteiger partial charge < -0.3 is 10.6 Å². The number of anilines is 2. The number of likely N-dealkylation sites (N-methyl/N-ethyl adjacent to an activating group) is 1. The van der Waals surface area contributed by atoms with Crippen molar-refractivity contribution < 1.29 is 0 Å². The van der Waals surface area contributed by atoms with Crippen LogP contribution in [0.15, 0.2) is 48.8 Å². The fourth-order valence-corrected chi connectivity index (χ4v) is 2.32. The fourth-order valence-electron chi connectivity index (χ4n) is 2.32. The SMILES string of the molecule is CN(CCc1ccncc1)c1nc(N)nc2ccccc12. The van der Waals surface area contributed by atoms with Crippen molar-refractivity contribution in [1.82, 2.24) is 15.0 Å². The molecule has 3 rings (SSSR count). The summed E-state index contributed by atoms with van der Waals surface area (Å²) in [5.41, 5.74) is 7.94. The summed E-state index contributed by atoms with van der Waals surface area (Å²) >= 11 is 0. The van der Waals surface area contributed by atoms with E-state index in [9.17, 15) is 0 Å². The minimum Gasteiger partial charge on any atom is -0.368 e. The number of fused-ring (bicyclic) bond motifs is 1. The number of nitrogen functional groups attached to an aromatic ring is 1. The summed E-state index contributed by atoms with van der Waals surface area (Å²) in [7, 11) is 2.02. The molecule has 2 aromatic heterocycles. The normalized spacial score (nSPS) is 10.7. The first-order valence-corrected chi connectivity index (χ1v) is 6.86. The van der Waals surface area contributed by atoms with Crippen LogP contribution < -0.4 is 10.6 Å². The van der Waals surface area contributed by atoms with Gasteiger partial charge in [0.25, 0.3) is 0 Å². The Morgan fingerprint density at radius 1 is 1.05 bits per heavy atom. The third-order valence-corrected chi connectivity index (χ3v) is 3.45. The van der Waals surface area contributed by atoms with Crippen molar-refractivity contribution in [3.63, 3.8) is 0 Å². The average Bonchev–Trinajstić information content (AvgIpc) is 2.52. The monoisotopic (exact) mass is 279 g/mol. The quantitative estimate of drug-likeness (QED) is 0.793. The maximum Gasteiger partial charge on any atom is 0.222 e. The van der Waals surface area contributed by atoms with Crippen LogP contribution in [0.5, 0.6) is 0 Å². The third-order valence-electron chi connectivity index (χ3n) is 3.45. The first kappa shape index (κ1) is 13.3. The van der Waals surface area contributed by atoms with Gasteiger partial charge in [-0.05, 0) is 36.2 Å². The zero-order valence-corrected chi connectivity index (χ0v) is 11.9. The highest BCUT2D eigenvalue weighted by atomic mass is 15.2. The predicted octanol–water partition coefficient (Wildman–Crippen LogP) is 2.29. The number of aromatic nitrogens is 3. The molecule has 0 fully saturated rings. The summed E-state index contributed by atoms with van der Waals surface area (Å²) in [6, 6.07) is 12.0. The van der Waals surface area contributed by atoms with Gasteiger partial charge in [0.1, 0.15) is 5.82 Å². The molecule has 0 saturated heterocycles. The lowest BCUT2D eigenvalue weighted by molar-refractivity contribution is 0.862. The molecule has 0 aliphatic carbocycles. The van der Waals surface area contributed by atoms with Crippen LogP contribution in [0.4, 0.5) is 11.8 Å². The molecule has 0 unspecified atom stereocenters. The van der Waals surface area contributed by atoms with Gasteiger partial charge in [-0.15, -0.1) is 0 Å². The summed E-state index contributed by atoms with van der Waals surface area (Å²) in [5, 5.41) is 1.02. The zero-order chi connectivity index (χ0) is 14.7. The Morgan fingerprint density at radius 3 is 2.62 bits per heavy atom. The molecule has 0 amide bonds. The Balaban J connectivity index is 1.86. The van der Waals surface area contributed by atoms with E-state index >= 15 is 0 Å². The molecule has 106 valence electrons. The van der Waals surface area contributed by atoms with Gasteiger partial charge in [-0.2, -0.15) is 4.98 Å². The molecule has 0 aliphatic rings. The van der Waals surface area contributed by atoms with Gasteiger partial charge in [-0.3, -0.25) is 4.98 Å². The highest BCUT2D eigenvalue weighted by Crippen LogP contribution is 2.23. The average molecular weight is 279 g/mol. The number of hydrogen-bond acceptors (Lipinski definition) is 5. The Kier molecular flexibility index (Phi) is 3.64. The maximum absolute atomic E-state index is 5.81. The summed E-state index contributed by atoms with van der Waals surface area (Å²) < 4.78 is 0. The minimum atomic E-state index is 0.305. The lowest BCUT2D eigenvalue weighted by Crippen LogP contribution is -2.22. The number of nitrogens with zero attached hydrogens (tertiary/aromatic N) is 4. The van der Waals surface area contributed by atoms with Crippen LogP contribution in [-0.4, -0.2) is 28.5 Å². The van der Waals surface area contributed by atoms with E-state index in [2.05, 4.69) is 19.9 Å². The van der Waals surface area contributed by atoms with Crippen molar-refractivity contribution in [3.8, 4) is 0 Å². The molecule has 0 aliphatic heterocycles. The topological polar surface area (TPSA) is 67.9 Å². The fraction of sp³-hybridized carbons (Fsp3) is 0.188. The van der Waals surface area contributed by atoms with E-state index in [-0.39, 0.29) is 0 Å². The molecule has 0 radical (unpaired) electrons. The van der Waals surface area contributed by atoms with Crippen LogP contribution in [0.1, 0.15) is 5.56 Å². The highest BCUT2D eigenvalue weighted by molar-refractivity contribution is 5.90. The number of nitrogens with two attached hydrogens (primary N) is 1. The second kappa shape index (κ2) is 5.75. The molecule has 0 bridgehead atoms. The highest BCUT2D eigenvalue weighted by Gasteiger charge is 2.10. The van der Waals surface area contributed by atoms with Crippen LogP contribution in [-0.2, 0) is 6.42 Å². The summed E-state index contributed by atoms with van der Waals surface area (Å²) in [5.74, 6) is 1.17. The number of rotatable bonds is 4. The lowest BCUT2D eigenvalue weighted by atomic mass is 10.2. The van der Waals surface area contributed by atoms with Crippen LogP contribution in [0.3, 0.4) is 0 Å². The molecule has 0 spiro atoms. The molecule has 2 heterocycles. The van der Waals surface area contributed by atoms with Crippen LogP contribution in [0, 0.1) is 0 Å². The van der Waals surface area contributed by atoms with Crippen LogP contribution >= 0.6 is 0 Å². The molecule has 5 heteroatoms. The largest absolute Gasteiger partial charge is 0.368 e. The van der Waals surface area contributed by atoms with E-state index in [1.54, 1.807) is 0 Å². The smallest absolute Gasteiger partial charge is 0.222 e. The van der Waals surface area contributed by atoms with Gasteiger partial charge in [0, 0.05) is 31.4 Å². The number of para-hydroxylation sites is 1. The van der Waals surface area contributed by atoms with Crippen LogP contribution in [0.25, 0.3) is 10.9 Å². The Labute approximate surface area is 123 Å². The van der Waals surface area contributed by atoms with Gasteiger partial charge in [-0.1, -0.05) is 12.1 Å². The van der Waals surface area contributed by atoms with Crippen molar-refractivity contribution in [1.29, 1.82) is 0 Å². The van der Waals surface area contributed by atoms with Crippen LogP contribution in [0.2, 0.25) is 0 Å². The molecule has 1 aromatic carbocycles. The van der Waals surface area contributed by atoms with E-state index in [0.29, 0.717) is 5.95 Å². The van der Waals surface area contributed by atoms with Crippen molar-refractivity contribution in [3.05, 3.63) is 54.4 Å². The standard InChI is InChI=1S/C16H17N5/c1-21(11-8-12-6-9-18-10-7-12)15-13-4-2-3-5-14(13)19-16(17)20-15/h2-7,9-10H,8,11H2,1H3,(H2,17,19,20). The zero-order valence-electron chi connectivity index (χ0n) is 11.9. The Bertz CT molecular complexity index is 742. The number of benzene rings is 1. The van der Waals surface area contributed by atoms with E-state index in [1.165, 1.54) is 5.56 Å². The molecule has 0 saturated carbocycles. The molecule has 3 aromatic rings. The molecule has 5 nitrogen and oxygen atoms in total. The van der Waals surface area contributed by atoms with Gasteiger partial charge in [0.15, 0.2) is 0 Å². The first-order valence-electron chi connectivity index (χ1n) is 6.86. The summed E-state index contributed by atoms with van der Waals surface area (Å²) in [6.45, 7) is 0.852. The van der Waals surface area contributed by atoms with E-state index in [0.717, 1.165) is 29.7 Å². The first-order chi connectivity index (χ1) is 10.2. The van der Waals surface area contributed by atoms with Crippen molar-refractivity contribution in [2.24, 2.45) is 0 Å². The predicted molar refractivity (Wildman–Crippen MR) is 85.2 cm³/mol. The van der Waals surface area contributed by atoms with Crippen molar-refractivity contribution >= 4 is 22.7 Å². The van der Waals surface area contributed by atoms with Gasteiger partial charge in [0.05, 0.1) is 5.52 Å². The molecule has 2 N–H and O–H groups in total. The lowest BCUT2D eigenvalue weighted by Gasteiger charge is -2.20. The molecule has 0 atom stereocenters. The number of hydrogen-bond donors (Lipinski definition) is 1. The Hall–Kier alpha value is -2.69.